The molecule has 0 atom stereocenters. The van der Waals surface area contributed by atoms with Crippen LogP contribution in [0.2, 0.25) is 0 Å². The molecule has 5 rings (SSSR count). The van der Waals surface area contributed by atoms with Crippen LogP contribution in [0.5, 0.6) is 11.5 Å². The predicted octanol–water partition coefficient (Wildman–Crippen LogP) is 4.57. The van der Waals surface area contributed by atoms with Gasteiger partial charge in [0.2, 0.25) is 0 Å². The Balaban J connectivity index is 1.50. The molecule has 2 aromatic carbocycles. The SMILES string of the molecule is COCCOc1cc2ncnc(Nc3ccc(N(C)CCc4ccccn4)cc3C3=CC(=O)C=CC3=O)c2cc1OC. The van der Waals surface area contributed by atoms with E-state index in [9.17, 15) is 9.59 Å². The number of ketones is 2. The number of pyridine rings is 1. The lowest BCUT2D eigenvalue weighted by Gasteiger charge is -2.22. The van der Waals surface area contributed by atoms with Gasteiger partial charge in [-0.05, 0) is 54.6 Å². The van der Waals surface area contributed by atoms with Crippen LogP contribution in [0.1, 0.15) is 11.3 Å². The minimum atomic E-state index is -0.252. The van der Waals surface area contributed by atoms with Gasteiger partial charge in [0.05, 0.1) is 19.2 Å². The molecule has 0 amide bonds. The van der Waals surface area contributed by atoms with Crippen molar-refractivity contribution in [2.75, 3.05) is 51.2 Å². The molecule has 0 aliphatic heterocycles. The number of nitrogens with one attached hydrogen (secondary N) is 1. The van der Waals surface area contributed by atoms with Crippen molar-refractivity contribution in [1.82, 2.24) is 15.0 Å². The van der Waals surface area contributed by atoms with Crippen LogP contribution in [0, 0.1) is 0 Å². The van der Waals surface area contributed by atoms with E-state index in [2.05, 4.69) is 25.2 Å². The molecule has 1 N–H and O–H groups in total. The zero-order valence-corrected chi connectivity index (χ0v) is 23.7. The summed E-state index contributed by atoms with van der Waals surface area (Å²) in [4.78, 5) is 40.7. The van der Waals surface area contributed by atoms with Crippen LogP contribution in [0.15, 0.2) is 79.3 Å². The molecule has 214 valence electrons. The molecule has 10 heteroatoms. The van der Waals surface area contributed by atoms with E-state index < -0.39 is 0 Å². The standard InChI is InChI=1S/C32H31N5O5/c1-37(13-11-21-6-4-5-12-33-21)22-7-9-27(24(16-22)25-17-23(38)8-10-29(25)39)36-32-26-18-30(41-3)31(42-15-14-40-2)19-28(26)34-20-35-32/h4-10,12,16-20H,11,13-15H2,1-3H3,(H,34,35,36). The first kappa shape index (κ1) is 28.4. The Morgan fingerprint density at radius 1 is 0.929 bits per heavy atom. The van der Waals surface area contributed by atoms with Crippen molar-refractivity contribution in [3.8, 4) is 11.5 Å². The third-order valence-corrected chi connectivity index (χ3v) is 6.83. The van der Waals surface area contributed by atoms with Gasteiger partial charge in [0.25, 0.3) is 0 Å². The molecular weight excluding hydrogens is 534 g/mol. The van der Waals surface area contributed by atoms with Crippen molar-refractivity contribution in [1.29, 1.82) is 0 Å². The maximum Gasteiger partial charge on any atom is 0.186 e. The summed E-state index contributed by atoms with van der Waals surface area (Å²) in [5, 5.41) is 4.06. The highest BCUT2D eigenvalue weighted by Crippen LogP contribution is 2.37. The van der Waals surface area contributed by atoms with Crippen LogP contribution in [0.3, 0.4) is 0 Å². The molecule has 0 radical (unpaired) electrons. The topological polar surface area (TPSA) is 116 Å². The van der Waals surface area contributed by atoms with E-state index in [1.165, 1.54) is 24.6 Å². The summed E-state index contributed by atoms with van der Waals surface area (Å²) in [5.74, 6) is 1.06. The Morgan fingerprint density at radius 3 is 2.60 bits per heavy atom. The zero-order valence-electron chi connectivity index (χ0n) is 23.7. The lowest BCUT2D eigenvalue weighted by atomic mass is 9.94. The number of carbonyl (C=O) groups excluding carboxylic acids is 2. The van der Waals surface area contributed by atoms with Gasteiger partial charge in [0.1, 0.15) is 18.8 Å². The first-order valence-corrected chi connectivity index (χ1v) is 13.4. The maximum atomic E-state index is 13.0. The number of nitrogens with zero attached hydrogens (tertiary/aromatic N) is 4. The van der Waals surface area contributed by atoms with E-state index in [1.54, 1.807) is 32.5 Å². The highest BCUT2D eigenvalue weighted by molar-refractivity contribution is 6.34. The summed E-state index contributed by atoms with van der Waals surface area (Å²) in [6.07, 6.45) is 7.92. The number of likely N-dealkylation sites (N-methyl/N-ethyl adjacent to an activating group) is 1. The number of allylic oxidation sites excluding steroid dienone is 4. The smallest absolute Gasteiger partial charge is 0.186 e. The summed E-state index contributed by atoms with van der Waals surface area (Å²) >= 11 is 0. The molecule has 0 bridgehead atoms. The average molecular weight is 566 g/mol. The van der Waals surface area contributed by atoms with Crippen LogP contribution in [0.4, 0.5) is 17.2 Å². The second-order valence-electron chi connectivity index (χ2n) is 9.59. The van der Waals surface area contributed by atoms with Gasteiger partial charge in [-0.15, -0.1) is 0 Å². The van der Waals surface area contributed by atoms with Crippen LogP contribution >= 0.6 is 0 Å². The predicted molar refractivity (Wildman–Crippen MR) is 162 cm³/mol. The van der Waals surface area contributed by atoms with Crippen LogP contribution in [-0.4, -0.2) is 67.5 Å². The van der Waals surface area contributed by atoms with E-state index in [0.29, 0.717) is 64.8 Å². The summed E-state index contributed by atoms with van der Waals surface area (Å²) in [5.41, 5.74) is 4.00. The third-order valence-electron chi connectivity index (χ3n) is 6.83. The number of fused-ring (bicyclic) bond motifs is 1. The summed E-state index contributed by atoms with van der Waals surface area (Å²) in [6.45, 7) is 1.50. The molecule has 0 saturated heterocycles. The monoisotopic (exact) mass is 565 g/mol. The van der Waals surface area contributed by atoms with Crippen LogP contribution in [0.25, 0.3) is 16.5 Å². The van der Waals surface area contributed by atoms with Gasteiger partial charge >= 0.3 is 0 Å². The molecule has 1 aliphatic carbocycles. The van der Waals surface area contributed by atoms with E-state index in [-0.39, 0.29) is 11.6 Å². The van der Waals surface area contributed by atoms with Gasteiger partial charge in [-0.3, -0.25) is 14.6 Å². The quantitative estimate of drug-likeness (QED) is 0.193. The van der Waals surface area contributed by atoms with Crippen molar-refractivity contribution in [3.05, 3.63) is 90.5 Å². The van der Waals surface area contributed by atoms with Gasteiger partial charge in [-0.1, -0.05) is 6.07 Å². The first-order chi connectivity index (χ1) is 20.5. The number of anilines is 3. The van der Waals surface area contributed by atoms with Crippen LogP contribution in [-0.2, 0) is 20.7 Å². The molecule has 0 fully saturated rings. The number of aromatic nitrogens is 3. The number of rotatable bonds is 12. The molecule has 0 saturated carbocycles. The van der Waals surface area contributed by atoms with Crippen molar-refractivity contribution < 1.29 is 23.8 Å². The number of hydrogen-bond acceptors (Lipinski definition) is 10. The zero-order chi connectivity index (χ0) is 29.5. The summed E-state index contributed by atoms with van der Waals surface area (Å²) in [7, 11) is 5.15. The average Bonchev–Trinajstić information content (AvgIpc) is 3.01. The molecule has 10 nitrogen and oxygen atoms in total. The fraction of sp³-hybridized carbons (Fsp3) is 0.219. The molecule has 2 heterocycles. The Labute approximate surface area is 243 Å². The Hall–Kier alpha value is -5.09. The molecule has 0 unspecified atom stereocenters. The lowest BCUT2D eigenvalue weighted by Crippen LogP contribution is -2.21. The number of carbonyl (C=O) groups is 2. The number of ether oxygens (including phenoxy) is 3. The summed E-state index contributed by atoms with van der Waals surface area (Å²) < 4.78 is 16.5. The fourth-order valence-electron chi connectivity index (χ4n) is 4.58. The molecule has 0 spiro atoms. The van der Waals surface area contributed by atoms with Gasteiger partial charge in [0, 0.05) is 73.0 Å². The number of methoxy groups -OCH3 is 2. The minimum absolute atomic E-state index is 0.248. The van der Waals surface area contributed by atoms with Crippen molar-refractivity contribution in [3.63, 3.8) is 0 Å². The second-order valence-corrected chi connectivity index (χ2v) is 9.59. The van der Waals surface area contributed by atoms with E-state index in [4.69, 9.17) is 14.2 Å². The number of benzene rings is 2. The van der Waals surface area contributed by atoms with Crippen molar-refractivity contribution in [2.45, 2.75) is 6.42 Å². The Morgan fingerprint density at radius 2 is 1.81 bits per heavy atom. The Kier molecular flexibility index (Phi) is 8.84. The molecule has 42 heavy (non-hydrogen) atoms. The molecular formula is C32H31N5O5. The first-order valence-electron chi connectivity index (χ1n) is 13.4. The minimum Gasteiger partial charge on any atom is -0.493 e. The van der Waals surface area contributed by atoms with E-state index in [1.807, 2.05) is 43.4 Å². The normalized spacial score (nSPS) is 12.8. The summed E-state index contributed by atoms with van der Waals surface area (Å²) in [6, 6.07) is 15.2. The van der Waals surface area contributed by atoms with E-state index in [0.717, 1.165) is 17.8 Å². The highest BCUT2D eigenvalue weighted by Gasteiger charge is 2.21. The second kappa shape index (κ2) is 13.0. The Bertz CT molecular complexity index is 1670. The van der Waals surface area contributed by atoms with Gasteiger partial charge in [-0.2, -0.15) is 0 Å². The lowest BCUT2D eigenvalue weighted by molar-refractivity contribution is -0.113. The van der Waals surface area contributed by atoms with E-state index >= 15 is 0 Å². The van der Waals surface area contributed by atoms with Gasteiger partial charge in [-0.25, -0.2) is 9.97 Å². The molecule has 2 aromatic heterocycles. The molecule has 4 aromatic rings. The third kappa shape index (κ3) is 6.45. The van der Waals surface area contributed by atoms with Crippen molar-refractivity contribution >= 4 is 45.2 Å². The molecule has 1 aliphatic rings. The largest absolute Gasteiger partial charge is 0.493 e. The van der Waals surface area contributed by atoms with Crippen molar-refractivity contribution in [2.24, 2.45) is 0 Å². The highest BCUT2D eigenvalue weighted by atomic mass is 16.5. The van der Waals surface area contributed by atoms with Gasteiger partial charge < -0.3 is 24.4 Å². The van der Waals surface area contributed by atoms with Crippen LogP contribution < -0.4 is 19.7 Å². The van der Waals surface area contributed by atoms with Gasteiger partial charge in [0.15, 0.2) is 23.1 Å². The number of hydrogen-bond donors (Lipinski definition) is 1. The fourth-order valence-corrected chi connectivity index (χ4v) is 4.58. The maximum absolute atomic E-state index is 13.0.